The fraction of sp³-hybridized carbons (Fsp3) is 0.457. The van der Waals surface area contributed by atoms with Crippen molar-refractivity contribution in [3.05, 3.63) is 82.7 Å². The predicted molar refractivity (Wildman–Crippen MR) is 171 cm³/mol. The molecule has 1 aromatic carbocycles. The number of rotatable bonds is 7. The second kappa shape index (κ2) is 12.9. The summed E-state index contributed by atoms with van der Waals surface area (Å²) in [5, 5.41) is 3.20. The van der Waals surface area contributed by atoms with Crippen LogP contribution in [0.5, 0.6) is 0 Å². The van der Waals surface area contributed by atoms with Gasteiger partial charge in [0.05, 0.1) is 36.1 Å². The number of aryl methyl sites for hydroxylation is 2. The van der Waals surface area contributed by atoms with Crippen LogP contribution in [0.4, 0.5) is 4.79 Å². The Hall–Kier alpha value is -4.47. The second-order valence-electron chi connectivity index (χ2n) is 12.8. The normalized spacial score (nSPS) is 17.5. The van der Waals surface area contributed by atoms with Gasteiger partial charge in [0.2, 0.25) is 0 Å². The number of hydrogen-bond donors (Lipinski definition) is 1. The minimum Gasteiger partial charge on any atom is -0.450 e. The molecule has 1 aliphatic carbocycles. The van der Waals surface area contributed by atoms with Gasteiger partial charge in [-0.1, -0.05) is 29.8 Å². The number of nitrogens with one attached hydrogen (secondary N) is 1. The van der Waals surface area contributed by atoms with E-state index in [-0.39, 0.29) is 24.0 Å². The number of pyridine rings is 1. The van der Waals surface area contributed by atoms with Crippen molar-refractivity contribution in [2.75, 3.05) is 13.1 Å². The Morgan fingerprint density at radius 3 is 2.49 bits per heavy atom. The van der Waals surface area contributed by atoms with Crippen molar-refractivity contribution >= 4 is 29.6 Å². The summed E-state index contributed by atoms with van der Waals surface area (Å²) in [5.74, 6) is -0.766. The third-order valence-corrected chi connectivity index (χ3v) is 8.62. The van der Waals surface area contributed by atoms with Crippen LogP contribution >= 0.6 is 0 Å². The third-order valence-electron chi connectivity index (χ3n) is 8.62. The van der Waals surface area contributed by atoms with Gasteiger partial charge < -0.3 is 24.3 Å². The van der Waals surface area contributed by atoms with Gasteiger partial charge in [0.15, 0.2) is 5.60 Å². The molecule has 2 aromatic heterocycles. The lowest BCUT2D eigenvalue weighted by atomic mass is 9.75. The van der Waals surface area contributed by atoms with Gasteiger partial charge in [-0.2, -0.15) is 0 Å². The molecule has 1 fully saturated rings. The number of carbonyl (C=O) groups excluding carboxylic acids is 3. The van der Waals surface area contributed by atoms with Crippen LogP contribution in [0, 0.1) is 12.8 Å². The lowest BCUT2D eigenvalue weighted by Crippen LogP contribution is -2.47. The Balaban J connectivity index is 1.60. The molecule has 0 spiro atoms. The Morgan fingerprint density at radius 2 is 1.84 bits per heavy atom. The van der Waals surface area contributed by atoms with Gasteiger partial charge in [-0.05, 0) is 87.8 Å². The molecule has 2 amide bonds. The van der Waals surface area contributed by atoms with Crippen LogP contribution in [0.3, 0.4) is 0 Å². The smallest absolute Gasteiger partial charge is 0.410 e. The van der Waals surface area contributed by atoms with E-state index in [1.807, 2.05) is 37.7 Å². The largest absolute Gasteiger partial charge is 0.450 e. The van der Waals surface area contributed by atoms with Crippen molar-refractivity contribution in [2.45, 2.75) is 78.0 Å². The Kier molecular flexibility index (Phi) is 9.13. The average Bonchev–Trinajstić information content (AvgIpc) is 3.34. The summed E-state index contributed by atoms with van der Waals surface area (Å²) >= 11 is 0. The van der Waals surface area contributed by atoms with Gasteiger partial charge >= 0.3 is 12.1 Å². The van der Waals surface area contributed by atoms with Crippen LogP contribution in [0.15, 0.2) is 49.1 Å². The minimum absolute atomic E-state index is 0.0332. The molecule has 10 heteroatoms. The van der Waals surface area contributed by atoms with E-state index in [9.17, 15) is 14.4 Å². The SMILES string of the molecule is CC(=O)OC(C)(C)C(=O)N[C@H](C1=Cc2cccnc2[C@@H](C2CCN(C(=O)OC(C)C)CC2)c2ccc(C)cc21)c1cncn1C. The van der Waals surface area contributed by atoms with E-state index >= 15 is 0 Å². The summed E-state index contributed by atoms with van der Waals surface area (Å²) in [7, 11) is 1.89. The van der Waals surface area contributed by atoms with E-state index in [0.29, 0.717) is 13.1 Å². The number of likely N-dealkylation sites (tertiary alicyclic amines) is 1. The lowest BCUT2D eigenvalue weighted by Gasteiger charge is -2.36. The maximum Gasteiger partial charge on any atom is 0.410 e. The molecule has 0 unspecified atom stereocenters. The molecule has 2 atom stereocenters. The first-order valence-corrected chi connectivity index (χ1v) is 15.6. The summed E-state index contributed by atoms with van der Waals surface area (Å²) in [5.41, 5.74) is 5.42. The molecule has 45 heavy (non-hydrogen) atoms. The highest BCUT2D eigenvalue weighted by atomic mass is 16.6. The van der Waals surface area contributed by atoms with Crippen LogP contribution in [0.1, 0.15) is 93.1 Å². The molecule has 238 valence electrons. The molecule has 2 aliphatic rings. The number of carbonyl (C=O) groups is 3. The molecule has 0 bridgehead atoms. The molecule has 0 saturated carbocycles. The number of nitrogens with zero attached hydrogens (tertiary/aromatic N) is 4. The molecule has 0 radical (unpaired) electrons. The van der Waals surface area contributed by atoms with E-state index in [1.165, 1.54) is 6.92 Å². The predicted octanol–water partition coefficient (Wildman–Crippen LogP) is 5.57. The number of benzene rings is 1. The number of hydrogen-bond acceptors (Lipinski definition) is 7. The highest BCUT2D eigenvalue weighted by molar-refractivity contribution is 5.93. The first-order chi connectivity index (χ1) is 21.4. The molecule has 3 aromatic rings. The monoisotopic (exact) mass is 613 g/mol. The van der Waals surface area contributed by atoms with Crippen molar-refractivity contribution < 1.29 is 23.9 Å². The maximum atomic E-state index is 13.7. The van der Waals surface area contributed by atoms with Gasteiger partial charge in [-0.3, -0.25) is 14.6 Å². The molecule has 10 nitrogen and oxygen atoms in total. The molecule has 5 rings (SSSR count). The molecular formula is C35H43N5O5. The van der Waals surface area contributed by atoms with Crippen molar-refractivity contribution in [1.82, 2.24) is 24.8 Å². The fourth-order valence-corrected chi connectivity index (χ4v) is 6.47. The first-order valence-electron chi connectivity index (χ1n) is 15.6. The van der Waals surface area contributed by atoms with Gasteiger partial charge in [0.25, 0.3) is 5.91 Å². The summed E-state index contributed by atoms with van der Waals surface area (Å²) < 4.78 is 12.8. The van der Waals surface area contributed by atoms with Gasteiger partial charge in [-0.15, -0.1) is 0 Å². The van der Waals surface area contributed by atoms with Crippen LogP contribution in [-0.2, 0) is 26.1 Å². The number of imidazole rings is 1. The third kappa shape index (κ3) is 6.79. The lowest BCUT2D eigenvalue weighted by molar-refractivity contribution is -0.163. The Bertz CT molecular complexity index is 1620. The van der Waals surface area contributed by atoms with Crippen molar-refractivity contribution in [2.24, 2.45) is 13.0 Å². The van der Waals surface area contributed by atoms with Crippen LogP contribution in [0.25, 0.3) is 11.6 Å². The Labute approximate surface area is 264 Å². The second-order valence-corrected chi connectivity index (χ2v) is 12.8. The zero-order chi connectivity index (χ0) is 32.5. The highest BCUT2D eigenvalue weighted by Gasteiger charge is 2.39. The quantitative estimate of drug-likeness (QED) is 0.347. The number of fused-ring (bicyclic) bond motifs is 2. The Morgan fingerprint density at radius 1 is 1.11 bits per heavy atom. The maximum absolute atomic E-state index is 13.7. The zero-order valence-corrected chi connectivity index (χ0v) is 27.2. The van der Waals surface area contributed by atoms with Crippen LogP contribution in [-0.4, -0.2) is 62.2 Å². The van der Waals surface area contributed by atoms with Crippen molar-refractivity contribution in [3.8, 4) is 0 Å². The number of piperidine rings is 1. The topological polar surface area (TPSA) is 116 Å². The average molecular weight is 614 g/mol. The molecule has 1 aliphatic heterocycles. The molecule has 1 N–H and O–H groups in total. The first kappa shape index (κ1) is 31.9. The van der Waals surface area contributed by atoms with Crippen LogP contribution < -0.4 is 5.32 Å². The van der Waals surface area contributed by atoms with Gasteiger partial charge in [0.1, 0.15) is 0 Å². The summed E-state index contributed by atoms with van der Waals surface area (Å²) in [6, 6.07) is 9.85. The van der Waals surface area contributed by atoms with E-state index in [2.05, 4.69) is 47.6 Å². The van der Waals surface area contributed by atoms with Crippen molar-refractivity contribution in [3.63, 3.8) is 0 Å². The number of amides is 2. The standard InChI is InChI=1S/C35H43N5O5/c1-21(2)44-34(43)40-15-12-24(13-16-40)30-26-11-10-22(3)17-27(26)28(18-25-9-8-14-37-31(25)30)32(29-19-36-20-39(29)7)38-33(42)35(5,6)45-23(4)41/h8-11,14,17-21,24,30,32H,12-13,15-16H2,1-7H3,(H,38,42)/t30-,32+/m0/s1. The van der Waals surface area contributed by atoms with E-state index in [4.69, 9.17) is 14.5 Å². The van der Waals surface area contributed by atoms with Gasteiger partial charge in [0, 0.05) is 39.2 Å². The summed E-state index contributed by atoms with van der Waals surface area (Å²) in [6.07, 6.45) is 8.57. The summed E-state index contributed by atoms with van der Waals surface area (Å²) in [6.45, 7) is 11.5. The molecule has 1 saturated heterocycles. The highest BCUT2D eigenvalue weighted by Crippen LogP contribution is 2.47. The zero-order valence-electron chi connectivity index (χ0n) is 27.2. The minimum atomic E-state index is -1.39. The van der Waals surface area contributed by atoms with E-state index < -0.39 is 23.5 Å². The summed E-state index contributed by atoms with van der Waals surface area (Å²) in [4.78, 5) is 49.4. The van der Waals surface area contributed by atoms with E-state index in [1.54, 1.807) is 31.3 Å². The fourth-order valence-electron chi connectivity index (χ4n) is 6.47. The number of esters is 1. The van der Waals surface area contributed by atoms with E-state index in [0.717, 1.165) is 52.1 Å². The van der Waals surface area contributed by atoms with Crippen LogP contribution in [0.2, 0.25) is 0 Å². The number of ether oxygens (including phenoxy) is 2. The van der Waals surface area contributed by atoms with Gasteiger partial charge in [-0.25, -0.2) is 9.78 Å². The van der Waals surface area contributed by atoms with Crippen molar-refractivity contribution in [1.29, 1.82) is 0 Å². The molecular weight excluding hydrogens is 570 g/mol. The number of aromatic nitrogens is 3. The molecule has 3 heterocycles.